The van der Waals surface area contributed by atoms with Gasteiger partial charge in [0.05, 0.1) is 50.0 Å². The van der Waals surface area contributed by atoms with E-state index in [1.54, 1.807) is 36.2 Å². The maximum absolute atomic E-state index is 13.1. The third-order valence-electron chi connectivity index (χ3n) is 10.8. The molecular weight excluding hydrogens is 787 g/mol. The predicted octanol–water partition coefficient (Wildman–Crippen LogP) is 4.90. The molecule has 2 aromatic carbocycles. The minimum absolute atomic E-state index is 0.00331. The summed E-state index contributed by atoms with van der Waals surface area (Å²) in [6.07, 6.45) is 2.17. The molecule has 14 nitrogen and oxygen atoms in total. The fourth-order valence-corrected chi connectivity index (χ4v) is 7.38. The van der Waals surface area contributed by atoms with Crippen molar-refractivity contribution in [2.75, 3.05) is 40.5 Å². The van der Waals surface area contributed by atoms with Crippen LogP contribution in [-0.4, -0.2) is 103 Å². The zero-order valence-corrected chi connectivity index (χ0v) is 33.2. The Morgan fingerprint density at radius 3 is 2.43 bits per heavy atom. The van der Waals surface area contributed by atoms with E-state index in [1.807, 2.05) is 24.3 Å². The molecule has 1 saturated carbocycles. The molecule has 1 aliphatic carbocycles. The third-order valence-corrected chi connectivity index (χ3v) is 10.8. The van der Waals surface area contributed by atoms with Crippen LogP contribution in [0.5, 0.6) is 11.5 Å². The van der Waals surface area contributed by atoms with E-state index in [0.717, 1.165) is 16.0 Å². The first-order chi connectivity index (χ1) is 28.7. The number of amides is 6. The molecule has 1 saturated heterocycles. The van der Waals surface area contributed by atoms with Gasteiger partial charge in [0.2, 0.25) is 17.7 Å². The van der Waals surface area contributed by atoms with Crippen LogP contribution in [0.4, 0.5) is 13.2 Å². The topological polar surface area (TPSA) is 174 Å². The molecule has 3 aliphatic rings. The van der Waals surface area contributed by atoms with Crippen molar-refractivity contribution in [3.8, 4) is 11.5 Å². The van der Waals surface area contributed by atoms with Crippen LogP contribution < -0.4 is 20.1 Å². The molecule has 17 heteroatoms. The van der Waals surface area contributed by atoms with Gasteiger partial charge in [-0.25, -0.2) is 4.98 Å². The van der Waals surface area contributed by atoms with E-state index in [-0.39, 0.29) is 87.1 Å². The highest BCUT2D eigenvalue weighted by Gasteiger charge is 2.45. The zero-order chi connectivity index (χ0) is 43.0. The third kappa shape index (κ3) is 10.7. The molecule has 1 aromatic heterocycles. The van der Waals surface area contributed by atoms with Crippen LogP contribution in [0.15, 0.2) is 60.8 Å². The van der Waals surface area contributed by atoms with E-state index in [1.165, 1.54) is 25.4 Å². The van der Waals surface area contributed by atoms with Crippen LogP contribution >= 0.6 is 0 Å². The summed E-state index contributed by atoms with van der Waals surface area (Å²) in [6.45, 7) is 1.03. The summed E-state index contributed by atoms with van der Waals surface area (Å²) in [7, 11) is 3.14. The lowest BCUT2D eigenvalue weighted by molar-refractivity contribution is -0.183. The minimum atomic E-state index is -4.17. The van der Waals surface area contributed by atoms with Crippen LogP contribution in [-0.2, 0) is 32.1 Å². The summed E-state index contributed by atoms with van der Waals surface area (Å²) < 4.78 is 56.0. The number of benzene rings is 2. The number of allylic oxidation sites excluding steroid dienone is 1. The SMILES string of the molecule is COc1cnc(C(=O)NCc2cccc(CC(=O)N(C)CCOCCOc3ccc4c(c3)C(=O)N(C3CCC(=O)NC3=O)C4=O)c2)cc1/C=C/[C@H]1CC[C@H](C(F)(F)F)CC1. The molecule has 60 heavy (non-hydrogen) atoms. The van der Waals surface area contributed by atoms with Crippen molar-refractivity contribution in [2.24, 2.45) is 11.8 Å². The highest BCUT2D eigenvalue weighted by molar-refractivity contribution is 6.23. The lowest BCUT2D eigenvalue weighted by Crippen LogP contribution is -2.54. The van der Waals surface area contributed by atoms with Crippen molar-refractivity contribution in [2.45, 2.75) is 63.7 Å². The molecule has 1 atom stereocenters. The number of ether oxygens (including phenoxy) is 3. The molecule has 0 bridgehead atoms. The Hall–Kier alpha value is -6.10. The Morgan fingerprint density at radius 2 is 1.70 bits per heavy atom. The number of alkyl halides is 3. The molecule has 2 aliphatic heterocycles. The van der Waals surface area contributed by atoms with Crippen molar-refractivity contribution in [1.29, 1.82) is 0 Å². The van der Waals surface area contributed by atoms with Gasteiger partial charge < -0.3 is 24.4 Å². The first kappa shape index (κ1) is 43.5. The second kappa shape index (κ2) is 19.3. The summed E-state index contributed by atoms with van der Waals surface area (Å²) in [5.74, 6) is -3.44. The molecule has 0 spiro atoms. The van der Waals surface area contributed by atoms with Gasteiger partial charge in [-0.1, -0.05) is 36.4 Å². The normalized spacial score (nSPS) is 19.3. The van der Waals surface area contributed by atoms with Crippen molar-refractivity contribution in [3.63, 3.8) is 0 Å². The first-order valence-corrected chi connectivity index (χ1v) is 19.7. The molecule has 318 valence electrons. The van der Waals surface area contributed by atoms with Gasteiger partial charge in [0.15, 0.2) is 0 Å². The van der Waals surface area contributed by atoms with Gasteiger partial charge in [-0.05, 0) is 73.4 Å². The van der Waals surface area contributed by atoms with Crippen molar-refractivity contribution < 1.29 is 56.1 Å². The summed E-state index contributed by atoms with van der Waals surface area (Å²) in [6, 6.07) is 12.2. The van der Waals surface area contributed by atoms with Gasteiger partial charge >= 0.3 is 6.18 Å². The number of hydrogen-bond acceptors (Lipinski definition) is 10. The zero-order valence-electron chi connectivity index (χ0n) is 33.2. The molecule has 3 heterocycles. The minimum Gasteiger partial charge on any atom is -0.495 e. The number of carbonyl (C=O) groups excluding carboxylic acids is 6. The fraction of sp³-hybridized carbons (Fsp3) is 0.419. The molecular formula is C43H46F3N5O9. The smallest absolute Gasteiger partial charge is 0.391 e. The van der Waals surface area contributed by atoms with Crippen LogP contribution in [0.3, 0.4) is 0 Å². The molecule has 1 unspecified atom stereocenters. The second-order valence-corrected chi connectivity index (χ2v) is 14.9. The van der Waals surface area contributed by atoms with Crippen LogP contribution in [0.25, 0.3) is 6.08 Å². The molecule has 0 radical (unpaired) electrons. The number of hydrogen-bond donors (Lipinski definition) is 2. The Bertz CT molecular complexity index is 2150. The monoisotopic (exact) mass is 833 g/mol. The van der Waals surface area contributed by atoms with Crippen LogP contribution in [0, 0.1) is 11.8 Å². The maximum Gasteiger partial charge on any atom is 0.391 e. The van der Waals surface area contributed by atoms with E-state index in [0.29, 0.717) is 36.4 Å². The van der Waals surface area contributed by atoms with Gasteiger partial charge in [0.1, 0.15) is 29.8 Å². The summed E-state index contributed by atoms with van der Waals surface area (Å²) >= 11 is 0. The van der Waals surface area contributed by atoms with E-state index in [4.69, 9.17) is 14.2 Å². The average Bonchev–Trinajstić information content (AvgIpc) is 3.47. The standard InChI is InChI=1S/C43H46F3N5O9/c1-50(16-17-59-18-19-60-31-12-13-32-33(23-31)42(57)51(41(32)56)35-14-15-37(52)49-40(35)55)38(53)21-27-4-3-5-28(20-27)24-48-39(54)34-22-29(36(58-2)25-47-34)9-6-26-7-10-30(11-8-26)43(44,45)46/h3-6,9,12-13,20,22-23,25-26,30,35H,7-8,10-11,14-19,21,24H2,1-2H3,(H,48,54)(H,49,52,55)/b9-6+/t26-,30-,35?. The Kier molecular flexibility index (Phi) is 14.0. The van der Waals surface area contributed by atoms with Gasteiger partial charge in [-0.15, -0.1) is 0 Å². The number of rotatable bonds is 16. The fourth-order valence-electron chi connectivity index (χ4n) is 7.38. The highest BCUT2D eigenvalue weighted by atomic mass is 19.4. The number of carbonyl (C=O) groups is 6. The number of nitrogens with zero attached hydrogens (tertiary/aromatic N) is 3. The average molecular weight is 834 g/mol. The summed E-state index contributed by atoms with van der Waals surface area (Å²) in [4.78, 5) is 82.4. The first-order valence-electron chi connectivity index (χ1n) is 19.7. The van der Waals surface area contributed by atoms with Gasteiger partial charge in [0, 0.05) is 32.1 Å². The summed E-state index contributed by atoms with van der Waals surface area (Å²) in [5, 5.41) is 5.01. The number of fused-ring (bicyclic) bond motifs is 1. The van der Waals surface area contributed by atoms with Gasteiger partial charge in [0.25, 0.3) is 17.7 Å². The number of imide groups is 2. The van der Waals surface area contributed by atoms with E-state index < -0.39 is 47.7 Å². The van der Waals surface area contributed by atoms with Crippen molar-refractivity contribution >= 4 is 41.5 Å². The van der Waals surface area contributed by atoms with E-state index in [2.05, 4.69) is 15.6 Å². The highest BCUT2D eigenvalue weighted by Crippen LogP contribution is 2.40. The molecule has 3 aromatic rings. The second-order valence-electron chi connectivity index (χ2n) is 14.9. The summed E-state index contributed by atoms with van der Waals surface area (Å²) in [5.41, 5.74) is 2.52. The predicted molar refractivity (Wildman–Crippen MR) is 210 cm³/mol. The maximum atomic E-state index is 13.1. The molecule has 6 rings (SSSR count). The lowest BCUT2D eigenvalue weighted by Gasteiger charge is -2.28. The number of likely N-dealkylation sites (N-methyl/N-ethyl adjacent to an activating group) is 1. The molecule has 6 amide bonds. The van der Waals surface area contributed by atoms with Gasteiger partial charge in [-0.3, -0.25) is 39.0 Å². The van der Waals surface area contributed by atoms with Gasteiger partial charge in [-0.2, -0.15) is 13.2 Å². The Morgan fingerprint density at radius 1 is 0.950 bits per heavy atom. The Balaban J connectivity index is 0.906. The van der Waals surface area contributed by atoms with E-state index >= 15 is 0 Å². The van der Waals surface area contributed by atoms with Crippen molar-refractivity contribution in [3.05, 3.63) is 94.3 Å². The number of methoxy groups -OCH3 is 1. The number of pyridine rings is 1. The largest absolute Gasteiger partial charge is 0.495 e. The van der Waals surface area contributed by atoms with E-state index in [9.17, 15) is 41.9 Å². The molecule has 2 fully saturated rings. The quantitative estimate of drug-likeness (QED) is 0.149. The number of halogens is 3. The number of aromatic nitrogens is 1. The Labute approximate surface area is 344 Å². The number of piperidine rings is 1. The van der Waals surface area contributed by atoms with Crippen LogP contribution in [0.2, 0.25) is 0 Å². The van der Waals surface area contributed by atoms with Crippen molar-refractivity contribution in [1.82, 2.24) is 25.4 Å². The molecule has 2 N–H and O–H groups in total. The number of nitrogens with one attached hydrogen (secondary N) is 2. The lowest BCUT2D eigenvalue weighted by atomic mass is 9.81. The van der Waals surface area contributed by atoms with Crippen LogP contribution in [0.1, 0.15) is 86.4 Å².